The first kappa shape index (κ1) is 10.1. The van der Waals surface area contributed by atoms with Gasteiger partial charge in [-0.3, -0.25) is 4.90 Å². The highest BCUT2D eigenvalue weighted by Crippen LogP contribution is 2.15. The summed E-state index contributed by atoms with van der Waals surface area (Å²) in [5.74, 6) is 0. The van der Waals surface area contributed by atoms with E-state index in [4.69, 9.17) is 4.74 Å². The summed E-state index contributed by atoms with van der Waals surface area (Å²) in [4.78, 5) is 12.9. The zero-order valence-electron chi connectivity index (χ0n) is 8.41. The summed E-state index contributed by atoms with van der Waals surface area (Å²) in [6.07, 6.45) is 5.31. The Morgan fingerprint density at radius 1 is 1.38 bits per heavy atom. The molecule has 1 aliphatic heterocycles. The minimum Gasteiger partial charge on any atom is -0.443 e. The van der Waals surface area contributed by atoms with Gasteiger partial charge in [0.1, 0.15) is 5.60 Å². The lowest BCUT2D eigenvalue weighted by atomic mass is 10.2. The van der Waals surface area contributed by atoms with E-state index in [0.29, 0.717) is 0 Å². The lowest BCUT2D eigenvalue weighted by Gasteiger charge is -2.26. The van der Waals surface area contributed by atoms with Crippen LogP contribution in [0.4, 0.5) is 4.79 Å². The van der Waals surface area contributed by atoms with Crippen molar-refractivity contribution in [2.24, 2.45) is 0 Å². The summed E-state index contributed by atoms with van der Waals surface area (Å²) in [5.41, 5.74) is -0.420. The number of hydrogen-bond acceptors (Lipinski definition) is 2. The first-order chi connectivity index (χ1) is 5.99. The number of carbonyl (C=O) groups is 1. The third kappa shape index (κ3) is 3.49. The molecule has 0 saturated carbocycles. The molecule has 0 aliphatic carbocycles. The van der Waals surface area contributed by atoms with Gasteiger partial charge < -0.3 is 4.74 Å². The van der Waals surface area contributed by atoms with Gasteiger partial charge in [0.15, 0.2) is 0 Å². The zero-order chi connectivity index (χ0) is 9.90. The number of amides is 1. The molecular formula is C10H16NO2. The molecular weight excluding hydrogens is 166 g/mol. The molecule has 0 saturated heterocycles. The summed E-state index contributed by atoms with van der Waals surface area (Å²) in [7, 11) is 0. The maximum absolute atomic E-state index is 11.4. The summed E-state index contributed by atoms with van der Waals surface area (Å²) in [6.45, 7) is 7.42. The molecule has 0 spiro atoms. The van der Waals surface area contributed by atoms with Crippen molar-refractivity contribution < 1.29 is 9.53 Å². The van der Waals surface area contributed by atoms with Gasteiger partial charge in [-0.25, -0.2) is 4.79 Å². The molecule has 0 bridgehead atoms. The molecule has 0 unspecified atom stereocenters. The number of allylic oxidation sites excluding steroid dienone is 1. The van der Waals surface area contributed by atoms with E-state index in [1.807, 2.05) is 33.4 Å². The molecule has 3 heteroatoms. The monoisotopic (exact) mass is 182 g/mol. The fourth-order valence-corrected chi connectivity index (χ4v) is 1.01. The van der Waals surface area contributed by atoms with Gasteiger partial charge in [0.25, 0.3) is 0 Å². The van der Waals surface area contributed by atoms with Crippen LogP contribution in [0, 0.1) is 6.54 Å². The van der Waals surface area contributed by atoms with Crippen molar-refractivity contribution in [2.45, 2.75) is 39.2 Å². The highest BCUT2D eigenvalue weighted by atomic mass is 16.6. The average Bonchev–Trinajstić information content (AvgIpc) is 2.03. The van der Waals surface area contributed by atoms with Crippen molar-refractivity contribution in [3.8, 4) is 0 Å². The highest BCUT2D eigenvalue weighted by molar-refractivity contribution is 5.70. The molecule has 1 heterocycles. The SMILES string of the molecule is CC(C)(C)OC(=O)N1[CH]CCC=C1. The van der Waals surface area contributed by atoms with Crippen molar-refractivity contribution in [1.29, 1.82) is 0 Å². The number of rotatable bonds is 0. The van der Waals surface area contributed by atoms with Gasteiger partial charge in [-0.05, 0) is 33.6 Å². The third-order valence-electron chi connectivity index (χ3n) is 1.53. The molecule has 0 atom stereocenters. The fraction of sp³-hybridized carbons (Fsp3) is 0.600. The van der Waals surface area contributed by atoms with Gasteiger partial charge in [0.05, 0.1) is 6.54 Å². The molecule has 0 N–H and O–H groups in total. The molecule has 1 aliphatic rings. The average molecular weight is 182 g/mol. The summed E-state index contributed by atoms with van der Waals surface area (Å²) in [6, 6.07) is 0. The van der Waals surface area contributed by atoms with Crippen LogP contribution in [-0.2, 0) is 4.74 Å². The standard InChI is InChI=1S/C10H16NO2/c1-10(2,3)13-9(12)11-7-5-4-6-8-11/h5,7-8H,4,6H2,1-3H3. The first-order valence-corrected chi connectivity index (χ1v) is 4.50. The largest absolute Gasteiger partial charge is 0.443 e. The topological polar surface area (TPSA) is 29.5 Å². The predicted molar refractivity (Wildman–Crippen MR) is 50.7 cm³/mol. The van der Waals surface area contributed by atoms with Gasteiger partial charge >= 0.3 is 6.09 Å². The Morgan fingerprint density at radius 3 is 2.54 bits per heavy atom. The number of nitrogens with zero attached hydrogens (tertiary/aromatic N) is 1. The van der Waals surface area contributed by atoms with E-state index in [1.54, 1.807) is 6.20 Å². The van der Waals surface area contributed by atoms with Crippen LogP contribution in [0.25, 0.3) is 0 Å². The van der Waals surface area contributed by atoms with Crippen LogP contribution >= 0.6 is 0 Å². The third-order valence-corrected chi connectivity index (χ3v) is 1.53. The normalized spacial score (nSPS) is 17.3. The van der Waals surface area contributed by atoms with Gasteiger partial charge in [0.2, 0.25) is 0 Å². The molecule has 0 aromatic rings. The molecule has 0 fully saturated rings. The van der Waals surface area contributed by atoms with Crippen LogP contribution in [0.3, 0.4) is 0 Å². The maximum atomic E-state index is 11.4. The predicted octanol–water partition coefficient (Wildman–Crippen LogP) is 2.69. The molecule has 13 heavy (non-hydrogen) atoms. The van der Waals surface area contributed by atoms with Crippen molar-refractivity contribution in [3.05, 3.63) is 18.8 Å². The van der Waals surface area contributed by atoms with E-state index in [-0.39, 0.29) is 6.09 Å². The lowest BCUT2D eigenvalue weighted by molar-refractivity contribution is 0.0367. The maximum Gasteiger partial charge on any atom is 0.414 e. The van der Waals surface area contributed by atoms with E-state index in [9.17, 15) is 4.79 Å². The number of ether oxygens (including phenoxy) is 1. The molecule has 0 aromatic carbocycles. The van der Waals surface area contributed by atoms with Gasteiger partial charge in [-0.1, -0.05) is 6.08 Å². The van der Waals surface area contributed by atoms with Crippen LogP contribution in [-0.4, -0.2) is 16.6 Å². The highest BCUT2D eigenvalue weighted by Gasteiger charge is 2.21. The molecule has 73 valence electrons. The van der Waals surface area contributed by atoms with Crippen LogP contribution in [0.2, 0.25) is 0 Å². The second-order valence-electron chi connectivity index (χ2n) is 4.03. The Kier molecular flexibility index (Phi) is 2.96. The second kappa shape index (κ2) is 3.81. The first-order valence-electron chi connectivity index (χ1n) is 4.50. The minimum absolute atomic E-state index is 0.302. The minimum atomic E-state index is -0.420. The zero-order valence-corrected chi connectivity index (χ0v) is 8.41. The van der Waals surface area contributed by atoms with E-state index >= 15 is 0 Å². The van der Waals surface area contributed by atoms with Crippen LogP contribution in [0.1, 0.15) is 33.6 Å². The molecule has 3 nitrogen and oxygen atoms in total. The Labute approximate surface area is 79.4 Å². The van der Waals surface area contributed by atoms with Crippen molar-refractivity contribution >= 4 is 6.09 Å². The second-order valence-corrected chi connectivity index (χ2v) is 4.03. The van der Waals surface area contributed by atoms with Crippen LogP contribution in [0.15, 0.2) is 12.3 Å². The molecule has 1 radical (unpaired) electrons. The van der Waals surface area contributed by atoms with Crippen molar-refractivity contribution in [1.82, 2.24) is 4.90 Å². The van der Waals surface area contributed by atoms with E-state index in [2.05, 4.69) is 0 Å². The lowest BCUT2D eigenvalue weighted by Crippen LogP contribution is -2.32. The van der Waals surface area contributed by atoms with Gasteiger partial charge in [0, 0.05) is 6.20 Å². The summed E-state index contributed by atoms with van der Waals surface area (Å²) in [5, 5.41) is 0. The molecule has 1 rings (SSSR count). The van der Waals surface area contributed by atoms with Gasteiger partial charge in [-0.2, -0.15) is 0 Å². The Hall–Kier alpha value is -0.990. The van der Waals surface area contributed by atoms with Crippen molar-refractivity contribution in [2.75, 3.05) is 0 Å². The number of carbonyl (C=O) groups excluding carboxylic acids is 1. The van der Waals surface area contributed by atoms with E-state index in [1.165, 1.54) is 4.90 Å². The summed E-state index contributed by atoms with van der Waals surface area (Å²) < 4.78 is 5.18. The van der Waals surface area contributed by atoms with E-state index < -0.39 is 5.60 Å². The Balaban J connectivity index is 2.47. The smallest absolute Gasteiger partial charge is 0.414 e. The van der Waals surface area contributed by atoms with Gasteiger partial charge in [-0.15, -0.1) is 0 Å². The molecule has 1 amide bonds. The molecule has 0 aromatic heterocycles. The summed E-state index contributed by atoms with van der Waals surface area (Å²) >= 11 is 0. The van der Waals surface area contributed by atoms with E-state index in [0.717, 1.165) is 12.8 Å². The Bertz CT molecular complexity index is 215. The van der Waals surface area contributed by atoms with Crippen molar-refractivity contribution in [3.63, 3.8) is 0 Å². The Morgan fingerprint density at radius 2 is 2.08 bits per heavy atom. The van der Waals surface area contributed by atoms with Crippen LogP contribution in [0.5, 0.6) is 0 Å². The van der Waals surface area contributed by atoms with Crippen LogP contribution < -0.4 is 0 Å². The number of hydrogen-bond donors (Lipinski definition) is 0. The fourth-order valence-electron chi connectivity index (χ4n) is 1.01. The quantitative estimate of drug-likeness (QED) is 0.576.